The Morgan fingerprint density at radius 2 is 1.95 bits per heavy atom. The van der Waals surface area contributed by atoms with Gasteiger partial charge in [0, 0.05) is 30.7 Å². The molecule has 0 bridgehead atoms. The lowest BCUT2D eigenvalue weighted by atomic mass is 10.2. The van der Waals surface area contributed by atoms with Gasteiger partial charge in [0.25, 0.3) is 0 Å². The second-order valence-corrected chi connectivity index (χ2v) is 8.02. The number of hydrogen-bond acceptors (Lipinski definition) is 4. The number of hydrogen-bond donors (Lipinski definition) is 0. The molecule has 1 saturated heterocycles. The Balaban J connectivity index is 2.15. The molecule has 2 rings (SSSR count). The van der Waals surface area contributed by atoms with Gasteiger partial charge in [0.2, 0.25) is 10.0 Å². The van der Waals surface area contributed by atoms with E-state index in [1.165, 1.54) is 16.4 Å². The third-order valence-electron chi connectivity index (χ3n) is 3.54. The minimum absolute atomic E-state index is 0.195. The molecule has 1 aliphatic rings. The number of piperazine rings is 1. The summed E-state index contributed by atoms with van der Waals surface area (Å²) in [4.78, 5) is 2.20. The molecule has 1 aliphatic heterocycles. The fraction of sp³-hybridized carbons (Fsp3) is 0.462. The van der Waals surface area contributed by atoms with E-state index < -0.39 is 10.0 Å². The Labute approximate surface area is 138 Å². The first-order valence-corrected chi connectivity index (χ1v) is 9.06. The number of sulfonamides is 1. The number of rotatable bonds is 3. The van der Waals surface area contributed by atoms with E-state index in [4.69, 9.17) is 16.9 Å². The van der Waals surface area contributed by atoms with Crippen molar-refractivity contribution >= 4 is 37.6 Å². The quantitative estimate of drug-likeness (QED) is 0.792. The van der Waals surface area contributed by atoms with Crippen molar-refractivity contribution in [3.63, 3.8) is 0 Å². The van der Waals surface area contributed by atoms with Gasteiger partial charge in [-0.25, -0.2) is 8.42 Å². The Morgan fingerprint density at radius 3 is 2.48 bits per heavy atom. The van der Waals surface area contributed by atoms with Crippen molar-refractivity contribution < 1.29 is 8.42 Å². The predicted molar refractivity (Wildman–Crippen MR) is 84.6 cm³/mol. The second kappa shape index (κ2) is 6.63. The summed E-state index contributed by atoms with van der Waals surface area (Å²) < 4.78 is 27.2. The summed E-state index contributed by atoms with van der Waals surface area (Å²) in [5, 5.41) is 9.38. The maximum Gasteiger partial charge on any atom is 0.243 e. The first kappa shape index (κ1) is 16.7. The maximum absolute atomic E-state index is 12.6. The fourth-order valence-corrected chi connectivity index (χ4v) is 4.30. The zero-order valence-corrected chi connectivity index (χ0v) is 14.6. The van der Waals surface area contributed by atoms with Crippen LogP contribution in [0.4, 0.5) is 0 Å². The summed E-state index contributed by atoms with van der Waals surface area (Å²) in [5.41, 5.74) is 0. The molecule has 1 aromatic rings. The van der Waals surface area contributed by atoms with Gasteiger partial charge in [-0.3, -0.25) is 4.90 Å². The van der Waals surface area contributed by atoms with Gasteiger partial charge in [-0.15, -0.1) is 0 Å². The van der Waals surface area contributed by atoms with E-state index in [-0.39, 0.29) is 10.9 Å². The molecule has 0 N–H and O–H groups in total. The third kappa shape index (κ3) is 3.58. The smallest absolute Gasteiger partial charge is 0.243 e. The largest absolute Gasteiger partial charge is 0.286 e. The highest BCUT2D eigenvalue weighted by atomic mass is 79.9. The summed E-state index contributed by atoms with van der Waals surface area (Å²) in [7, 11) is -3.52. The van der Waals surface area contributed by atoms with Gasteiger partial charge in [-0.05, 0) is 41.1 Å². The van der Waals surface area contributed by atoms with Crippen molar-refractivity contribution in [3.05, 3.63) is 27.7 Å². The zero-order valence-electron chi connectivity index (χ0n) is 11.5. The Morgan fingerprint density at radius 1 is 1.33 bits per heavy atom. The van der Waals surface area contributed by atoms with Crippen LogP contribution < -0.4 is 0 Å². The highest BCUT2D eigenvalue weighted by Crippen LogP contribution is 2.27. The van der Waals surface area contributed by atoms with E-state index in [2.05, 4.69) is 22.0 Å². The number of nitriles is 1. The van der Waals surface area contributed by atoms with Crippen LogP contribution in [0.1, 0.15) is 6.92 Å². The van der Waals surface area contributed by atoms with E-state index >= 15 is 0 Å². The molecule has 1 atom stereocenters. The van der Waals surface area contributed by atoms with E-state index in [9.17, 15) is 8.42 Å². The van der Waals surface area contributed by atoms with Crippen LogP contribution in [-0.2, 0) is 10.0 Å². The molecule has 1 unspecified atom stereocenters. The molecule has 21 heavy (non-hydrogen) atoms. The summed E-state index contributed by atoms with van der Waals surface area (Å²) in [6.45, 7) is 3.70. The number of nitrogens with zero attached hydrogens (tertiary/aromatic N) is 3. The molecule has 5 nitrogen and oxygen atoms in total. The minimum atomic E-state index is -3.52. The lowest BCUT2D eigenvalue weighted by Gasteiger charge is -2.35. The van der Waals surface area contributed by atoms with Gasteiger partial charge in [0.1, 0.15) is 0 Å². The molecule has 0 aliphatic carbocycles. The van der Waals surface area contributed by atoms with Crippen molar-refractivity contribution in [1.29, 1.82) is 5.26 Å². The van der Waals surface area contributed by atoms with Crippen LogP contribution in [0, 0.1) is 11.3 Å². The van der Waals surface area contributed by atoms with E-state index in [0.717, 1.165) is 0 Å². The van der Waals surface area contributed by atoms with Crippen LogP contribution in [0.15, 0.2) is 27.6 Å². The molecular weight excluding hydrogens is 378 g/mol. The average Bonchev–Trinajstić information content (AvgIpc) is 2.49. The molecule has 1 heterocycles. The summed E-state index contributed by atoms with van der Waals surface area (Å²) in [6, 6.07) is 6.56. The van der Waals surface area contributed by atoms with Gasteiger partial charge in [0.05, 0.1) is 22.0 Å². The molecule has 0 radical (unpaired) electrons. The lowest BCUT2D eigenvalue weighted by molar-refractivity contribution is 0.169. The topological polar surface area (TPSA) is 64.4 Å². The van der Waals surface area contributed by atoms with Crippen molar-refractivity contribution in [2.45, 2.75) is 17.9 Å². The van der Waals surface area contributed by atoms with Crippen LogP contribution in [-0.4, -0.2) is 49.8 Å². The molecule has 0 saturated carbocycles. The molecule has 114 valence electrons. The average molecular weight is 393 g/mol. The van der Waals surface area contributed by atoms with Crippen molar-refractivity contribution in [3.8, 4) is 6.07 Å². The van der Waals surface area contributed by atoms with Gasteiger partial charge in [0.15, 0.2) is 0 Å². The van der Waals surface area contributed by atoms with Crippen LogP contribution in [0.3, 0.4) is 0 Å². The molecule has 0 aromatic heterocycles. The van der Waals surface area contributed by atoms with Crippen LogP contribution >= 0.6 is 27.5 Å². The van der Waals surface area contributed by atoms with Crippen LogP contribution in [0.2, 0.25) is 5.02 Å². The molecule has 0 spiro atoms. The highest BCUT2D eigenvalue weighted by molar-refractivity contribution is 9.10. The Bertz CT molecular complexity index is 666. The molecule has 1 aromatic carbocycles. The number of halogens is 2. The lowest BCUT2D eigenvalue weighted by Crippen LogP contribution is -2.50. The van der Waals surface area contributed by atoms with Crippen molar-refractivity contribution in [1.82, 2.24) is 9.21 Å². The summed E-state index contributed by atoms with van der Waals surface area (Å²) in [6.07, 6.45) is 0. The fourth-order valence-electron chi connectivity index (χ4n) is 2.20. The SMILES string of the molecule is CC(C#N)N1CCN(S(=O)(=O)c2ccc(Cl)c(Br)c2)CC1. The summed E-state index contributed by atoms with van der Waals surface area (Å²) >= 11 is 9.14. The molecule has 0 amide bonds. The second-order valence-electron chi connectivity index (χ2n) is 4.82. The Kier molecular flexibility index (Phi) is 5.28. The van der Waals surface area contributed by atoms with E-state index in [1.54, 1.807) is 6.07 Å². The zero-order chi connectivity index (χ0) is 15.6. The van der Waals surface area contributed by atoms with E-state index in [0.29, 0.717) is 35.7 Å². The first-order chi connectivity index (χ1) is 9.86. The van der Waals surface area contributed by atoms with Gasteiger partial charge >= 0.3 is 0 Å². The predicted octanol–water partition coefficient (Wildman–Crippen LogP) is 2.32. The standard InChI is InChI=1S/C13H15BrClN3O2S/c1-10(9-16)17-4-6-18(7-5-17)21(19,20)11-2-3-13(15)12(14)8-11/h2-3,8,10H,4-7H2,1H3. The monoisotopic (exact) mass is 391 g/mol. The normalized spacial score (nSPS) is 19.1. The molecule has 8 heteroatoms. The van der Waals surface area contributed by atoms with Crippen molar-refractivity contribution in [2.75, 3.05) is 26.2 Å². The molecule has 1 fully saturated rings. The van der Waals surface area contributed by atoms with Gasteiger partial charge < -0.3 is 0 Å². The minimum Gasteiger partial charge on any atom is -0.286 e. The summed E-state index contributed by atoms with van der Waals surface area (Å²) in [5.74, 6) is 0. The van der Waals surface area contributed by atoms with Gasteiger partial charge in [-0.2, -0.15) is 9.57 Å². The van der Waals surface area contributed by atoms with E-state index in [1.807, 2.05) is 11.8 Å². The first-order valence-electron chi connectivity index (χ1n) is 6.45. The molecular formula is C13H15BrClN3O2S. The van der Waals surface area contributed by atoms with Gasteiger partial charge in [-0.1, -0.05) is 11.6 Å². The maximum atomic E-state index is 12.6. The third-order valence-corrected chi connectivity index (χ3v) is 6.65. The Hall–Kier alpha value is -0.650. The highest BCUT2D eigenvalue weighted by Gasteiger charge is 2.30. The van der Waals surface area contributed by atoms with Crippen molar-refractivity contribution in [2.24, 2.45) is 0 Å². The van der Waals surface area contributed by atoms with Crippen LogP contribution in [0.5, 0.6) is 0 Å². The number of benzene rings is 1. The van der Waals surface area contributed by atoms with Crippen LogP contribution in [0.25, 0.3) is 0 Å².